The number of carbonyl (C=O) groups excluding carboxylic acids is 2. The number of anilines is 1. The fourth-order valence-corrected chi connectivity index (χ4v) is 3.45. The Morgan fingerprint density at radius 1 is 1.19 bits per heavy atom. The van der Waals surface area contributed by atoms with Crippen molar-refractivity contribution in [3.05, 3.63) is 64.1 Å². The van der Waals surface area contributed by atoms with Crippen molar-refractivity contribution in [3.63, 3.8) is 0 Å². The number of fused-ring (bicyclic) bond motifs is 1. The third kappa shape index (κ3) is 3.28. The van der Waals surface area contributed by atoms with Crippen molar-refractivity contribution >= 4 is 33.3 Å². The second kappa shape index (κ2) is 7.40. The Morgan fingerprint density at radius 2 is 1.88 bits per heavy atom. The molecule has 0 aliphatic carbocycles. The van der Waals surface area contributed by atoms with Gasteiger partial charge in [-0.15, -0.1) is 0 Å². The van der Waals surface area contributed by atoms with Gasteiger partial charge >= 0.3 is 0 Å². The van der Waals surface area contributed by atoms with Crippen LogP contribution in [0.1, 0.15) is 35.2 Å². The topological polar surface area (TPSA) is 81.4 Å². The van der Waals surface area contributed by atoms with Gasteiger partial charge in [-0.1, -0.05) is 46.3 Å². The molecule has 0 fully saturated rings. The van der Waals surface area contributed by atoms with E-state index in [9.17, 15) is 14.7 Å². The summed E-state index contributed by atoms with van der Waals surface area (Å²) < 4.78 is 0.846. The van der Waals surface area contributed by atoms with Crippen molar-refractivity contribution in [1.29, 1.82) is 5.26 Å². The van der Waals surface area contributed by atoms with Crippen LogP contribution in [-0.2, 0) is 10.4 Å². The second-order valence-electron chi connectivity index (χ2n) is 6.20. The third-order valence-corrected chi connectivity index (χ3v) is 5.02. The first-order valence-electron chi connectivity index (χ1n) is 8.27. The molecule has 5 nitrogen and oxygen atoms in total. The molecule has 26 heavy (non-hydrogen) atoms. The molecule has 0 spiro atoms. The van der Waals surface area contributed by atoms with Gasteiger partial charge in [0.05, 0.1) is 18.2 Å². The first-order valence-corrected chi connectivity index (χ1v) is 9.06. The maximum atomic E-state index is 12.9. The van der Waals surface area contributed by atoms with E-state index in [1.54, 1.807) is 48.5 Å². The Bertz CT molecular complexity index is 889. The molecule has 1 aliphatic rings. The van der Waals surface area contributed by atoms with Gasteiger partial charge in [-0.25, -0.2) is 0 Å². The van der Waals surface area contributed by atoms with Crippen LogP contribution in [0.5, 0.6) is 0 Å². The summed E-state index contributed by atoms with van der Waals surface area (Å²) in [6.45, 7) is 0.332. The smallest absolute Gasteiger partial charge is 0.264 e. The lowest BCUT2D eigenvalue weighted by Gasteiger charge is -2.22. The number of amides is 1. The summed E-state index contributed by atoms with van der Waals surface area (Å²) in [6, 6.07) is 15.8. The van der Waals surface area contributed by atoms with Gasteiger partial charge in [-0.3, -0.25) is 9.59 Å². The van der Waals surface area contributed by atoms with Gasteiger partial charge in [-0.05, 0) is 24.6 Å². The lowest BCUT2D eigenvalue weighted by Crippen LogP contribution is -2.42. The zero-order chi connectivity index (χ0) is 18.7. The second-order valence-corrected chi connectivity index (χ2v) is 7.12. The molecule has 2 aromatic rings. The van der Waals surface area contributed by atoms with Crippen LogP contribution in [0.3, 0.4) is 0 Å². The Labute approximate surface area is 160 Å². The highest BCUT2D eigenvalue weighted by Crippen LogP contribution is 2.42. The molecule has 132 valence electrons. The number of nitrogens with zero attached hydrogens (tertiary/aromatic N) is 2. The first kappa shape index (κ1) is 18.3. The molecule has 0 radical (unpaired) electrons. The number of carbonyl (C=O) groups is 2. The Hall–Kier alpha value is -2.49. The van der Waals surface area contributed by atoms with Crippen molar-refractivity contribution < 1.29 is 14.7 Å². The number of hydrogen-bond donors (Lipinski definition) is 1. The van der Waals surface area contributed by atoms with Crippen LogP contribution >= 0.6 is 15.9 Å². The summed E-state index contributed by atoms with van der Waals surface area (Å²) in [5, 5.41) is 19.9. The molecule has 1 amide bonds. The standard InChI is InChI=1S/C20H17BrN2O3/c21-15-9-7-14(8-10-15)18(24)13-20(26)16-5-1-2-6-17(16)23(19(20)25)12-4-3-11-22/h1-2,5-10,26H,3-4,12-13H2. The minimum atomic E-state index is -1.88. The molecule has 1 N–H and O–H groups in total. The van der Waals surface area contributed by atoms with Crippen LogP contribution in [-0.4, -0.2) is 23.3 Å². The minimum Gasteiger partial charge on any atom is -0.375 e. The fourth-order valence-electron chi connectivity index (χ4n) is 3.19. The molecule has 1 aliphatic heterocycles. The number of nitriles is 1. The summed E-state index contributed by atoms with van der Waals surface area (Å²) in [5.41, 5.74) is -0.406. The largest absolute Gasteiger partial charge is 0.375 e. The van der Waals surface area contributed by atoms with Gasteiger partial charge in [-0.2, -0.15) is 5.26 Å². The Kier molecular flexibility index (Phi) is 5.21. The van der Waals surface area contributed by atoms with Crippen LogP contribution in [0.15, 0.2) is 53.0 Å². The van der Waals surface area contributed by atoms with Crippen LogP contribution in [0.25, 0.3) is 0 Å². The summed E-state index contributed by atoms with van der Waals surface area (Å²) in [5.74, 6) is -0.816. The maximum absolute atomic E-state index is 12.9. The lowest BCUT2D eigenvalue weighted by molar-refractivity contribution is -0.135. The van der Waals surface area contributed by atoms with Gasteiger partial charge < -0.3 is 10.0 Å². The molecular formula is C20H17BrN2O3. The van der Waals surface area contributed by atoms with Crippen LogP contribution in [0.2, 0.25) is 0 Å². The van der Waals surface area contributed by atoms with E-state index >= 15 is 0 Å². The van der Waals surface area contributed by atoms with E-state index in [1.807, 2.05) is 0 Å². The van der Waals surface area contributed by atoms with Crippen molar-refractivity contribution in [3.8, 4) is 6.07 Å². The molecule has 0 bridgehead atoms. The van der Waals surface area contributed by atoms with Gasteiger partial charge in [0.25, 0.3) is 5.91 Å². The van der Waals surface area contributed by atoms with E-state index < -0.39 is 11.5 Å². The van der Waals surface area contributed by atoms with Crippen molar-refractivity contribution in [2.75, 3.05) is 11.4 Å². The molecule has 6 heteroatoms. The number of ketones is 1. The zero-order valence-corrected chi connectivity index (χ0v) is 15.6. The third-order valence-electron chi connectivity index (χ3n) is 4.49. The molecular weight excluding hydrogens is 396 g/mol. The van der Waals surface area contributed by atoms with E-state index in [2.05, 4.69) is 22.0 Å². The van der Waals surface area contributed by atoms with Crippen molar-refractivity contribution in [1.82, 2.24) is 0 Å². The van der Waals surface area contributed by atoms with E-state index in [1.165, 1.54) is 4.90 Å². The molecule has 0 saturated carbocycles. The summed E-state index contributed by atoms with van der Waals surface area (Å²) in [7, 11) is 0. The van der Waals surface area contributed by atoms with E-state index in [-0.39, 0.29) is 12.2 Å². The van der Waals surface area contributed by atoms with Crippen LogP contribution < -0.4 is 4.90 Å². The quantitative estimate of drug-likeness (QED) is 0.580. The van der Waals surface area contributed by atoms with Gasteiger partial charge in [0.15, 0.2) is 11.4 Å². The number of unbranched alkanes of at least 4 members (excludes halogenated alkanes) is 1. The molecule has 1 atom stereocenters. The van der Waals surface area contributed by atoms with Crippen LogP contribution in [0.4, 0.5) is 5.69 Å². The number of aliphatic hydroxyl groups is 1. The highest BCUT2D eigenvalue weighted by atomic mass is 79.9. The number of Topliss-reactive ketones (excluding diaryl/α,β-unsaturated/α-hetero) is 1. The summed E-state index contributed by atoms with van der Waals surface area (Å²) in [4.78, 5) is 27.1. The predicted octanol–water partition coefficient (Wildman–Crippen LogP) is 3.56. The summed E-state index contributed by atoms with van der Waals surface area (Å²) in [6.07, 6.45) is 0.509. The number of benzene rings is 2. The van der Waals surface area contributed by atoms with E-state index in [0.29, 0.717) is 36.2 Å². The van der Waals surface area contributed by atoms with E-state index in [4.69, 9.17) is 5.26 Å². The molecule has 1 heterocycles. The monoisotopic (exact) mass is 412 g/mol. The number of halogens is 1. The SMILES string of the molecule is N#CCCCN1C(=O)C(O)(CC(=O)c2ccc(Br)cc2)c2ccccc21. The highest BCUT2D eigenvalue weighted by molar-refractivity contribution is 9.10. The fraction of sp³-hybridized carbons (Fsp3) is 0.250. The van der Waals surface area contributed by atoms with Gasteiger partial charge in [0, 0.05) is 28.6 Å². The predicted molar refractivity (Wildman–Crippen MR) is 101 cm³/mol. The lowest BCUT2D eigenvalue weighted by atomic mass is 9.88. The average molecular weight is 413 g/mol. The average Bonchev–Trinajstić information content (AvgIpc) is 2.84. The van der Waals surface area contributed by atoms with Crippen molar-refractivity contribution in [2.45, 2.75) is 24.9 Å². The maximum Gasteiger partial charge on any atom is 0.264 e. The Morgan fingerprint density at radius 3 is 2.58 bits per heavy atom. The first-order chi connectivity index (χ1) is 12.5. The molecule has 0 aromatic heterocycles. The molecule has 1 unspecified atom stereocenters. The highest BCUT2D eigenvalue weighted by Gasteiger charge is 2.50. The van der Waals surface area contributed by atoms with E-state index in [0.717, 1.165) is 4.47 Å². The molecule has 3 rings (SSSR count). The van der Waals surface area contributed by atoms with Gasteiger partial charge in [0.1, 0.15) is 0 Å². The van der Waals surface area contributed by atoms with Crippen LogP contribution in [0, 0.1) is 11.3 Å². The zero-order valence-electron chi connectivity index (χ0n) is 14.0. The summed E-state index contributed by atoms with van der Waals surface area (Å²) >= 11 is 3.32. The number of para-hydroxylation sites is 1. The normalized spacial score (nSPS) is 18.5. The van der Waals surface area contributed by atoms with Crippen molar-refractivity contribution in [2.24, 2.45) is 0 Å². The molecule has 2 aromatic carbocycles. The number of hydrogen-bond acceptors (Lipinski definition) is 4. The minimum absolute atomic E-state index is 0.304. The van der Waals surface area contributed by atoms with Gasteiger partial charge in [0.2, 0.25) is 0 Å². The molecule has 0 saturated heterocycles. The Balaban J connectivity index is 1.90. The number of rotatable bonds is 6.